The second-order valence-corrected chi connectivity index (χ2v) is 4.01. The molecule has 3 heteroatoms. The maximum atomic E-state index is 5.60. The molecule has 1 heterocycles. The molecule has 1 aromatic heterocycles. The van der Waals surface area contributed by atoms with Crippen molar-refractivity contribution < 1.29 is 0 Å². The van der Waals surface area contributed by atoms with E-state index in [-0.39, 0.29) is 0 Å². The van der Waals surface area contributed by atoms with Gasteiger partial charge in [0, 0.05) is 36.7 Å². The van der Waals surface area contributed by atoms with E-state index in [0.29, 0.717) is 0 Å². The maximum Gasteiger partial charge on any atom is 0.0457 e. The molecule has 0 unspecified atom stereocenters. The summed E-state index contributed by atoms with van der Waals surface area (Å²) < 4.78 is 0. The molecule has 86 valence electrons. The molecule has 0 amide bonds. The van der Waals surface area contributed by atoms with Crippen LogP contribution in [0.4, 0.5) is 0 Å². The number of nitrogens with zero attached hydrogens (tertiary/aromatic N) is 1. The zero-order valence-corrected chi connectivity index (χ0v) is 9.74. The fraction of sp³-hybridized carbons (Fsp3) is 0.385. The van der Waals surface area contributed by atoms with Crippen molar-refractivity contribution in [1.29, 1.82) is 0 Å². The Bertz CT molecular complexity index is 447. The number of aromatic nitrogens is 1. The molecule has 0 radical (unpaired) electrons. The van der Waals surface area contributed by atoms with E-state index in [4.69, 9.17) is 5.73 Å². The van der Waals surface area contributed by atoms with Crippen molar-refractivity contribution in [2.24, 2.45) is 5.73 Å². The van der Waals surface area contributed by atoms with Gasteiger partial charge in [0.2, 0.25) is 0 Å². The molecule has 0 saturated heterocycles. The van der Waals surface area contributed by atoms with Gasteiger partial charge in [0.1, 0.15) is 0 Å². The van der Waals surface area contributed by atoms with Crippen LogP contribution in [0.25, 0.3) is 10.9 Å². The van der Waals surface area contributed by atoms with Gasteiger partial charge in [-0.2, -0.15) is 0 Å². The summed E-state index contributed by atoms with van der Waals surface area (Å²) in [4.78, 5) is 5.60. The molecule has 0 spiro atoms. The van der Waals surface area contributed by atoms with Crippen LogP contribution in [-0.2, 0) is 6.54 Å². The van der Waals surface area contributed by atoms with E-state index >= 15 is 0 Å². The highest BCUT2D eigenvalue weighted by Gasteiger charge is 2.06. The predicted molar refractivity (Wildman–Crippen MR) is 68.3 cm³/mol. The molecule has 0 aliphatic heterocycles. The van der Waals surface area contributed by atoms with E-state index < -0.39 is 0 Å². The van der Waals surface area contributed by atoms with Gasteiger partial charge < -0.3 is 10.7 Å². The summed E-state index contributed by atoms with van der Waals surface area (Å²) in [6.45, 7) is 5.86. The van der Waals surface area contributed by atoms with E-state index in [2.05, 4.69) is 41.1 Å². The maximum absolute atomic E-state index is 5.60. The van der Waals surface area contributed by atoms with Gasteiger partial charge in [-0.05, 0) is 24.2 Å². The molecule has 2 aromatic rings. The zero-order valence-electron chi connectivity index (χ0n) is 9.74. The molecule has 0 aliphatic rings. The van der Waals surface area contributed by atoms with Gasteiger partial charge >= 0.3 is 0 Å². The number of H-pyrrole nitrogens is 1. The lowest BCUT2D eigenvalue weighted by molar-refractivity contribution is 0.289. The van der Waals surface area contributed by atoms with E-state index in [1.54, 1.807) is 0 Å². The summed E-state index contributed by atoms with van der Waals surface area (Å²) in [5.74, 6) is 0. The highest BCUT2D eigenvalue weighted by Crippen LogP contribution is 2.18. The molecule has 3 nitrogen and oxygen atoms in total. The van der Waals surface area contributed by atoms with Crippen LogP contribution >= 0.6 is 0 Å². The number of nitrogens with two attached hydrogens (primary N) is 1. The third-order valence-corrected chi connectivity index (χ3v) is 2.97. The predicted octanol–water partition coefficient (Wildman–Crippen LogP) is 1.95. The monoisotopic (exact) mass is 217 g/mol. The van der Waals surface area contributed by atoms with E-state index in [1.807, 2.05) is 6.20 Å². The Balaban J connectivity index is 2.22. The van der Waals surface area contributed by atoms with Crippen molar-refractivity contribution in [3.8, 4) is 0 Å². The first-order valence-corrected chi connectivity index (χ1v) is 5.82. The van der Waals surface area contributed by atoms with Crippen molar-refractivity contribution in [3.63, 3.8) is 0 Å². The summed E-state index contributed by atoms with van der Waals surface area (Å²) in [6, 6.07) is 8.54. The summed E-state index contributed by atoms with van der Waals surface area (Å²) in [6.07, 6.45) is 1.99. The van der Waals surface area contributed by atoms with Crippen LogP contribution in [0.15, 0.2) is 30.5 Å². The molecule has 3 N–H and O–H groups in total. The second-order valence-electron chi connectivity index (χ2n) is 4.01. The summed E-state index contributed by atoms with van der Waals surface area (Å²) in [7, 11) is 0. The third kappa shape index (κ3) is 2.26. The SMILES string of the molecule is CCN(CCN)Cc1cccc2[nH]ccc12. The summed E-state index contributed by atoms with van der Waals surface area (Å²) in [5, 5.41) is 1.32. The molecular weight excluding hydrogens is 198 g/mol. The number of rotatable bonds is 5. The van der Waals surface area contributed by atoms with Crippen LogP contribution in [0.5, 0.6) is 0 Å². The Kier molecular flexibility index (Phi) is 3.59. The highest BCUT2D eigenvalue weighted by atomic mass is 15.1. The van der Waals surface area contributed by atoms with Crippen molar-refractivity contribution in [2.45, 2.75) is 13.5 Å². The molecule has 2 rings (SSSR count). The number of aromatic amines is 1. The van der Waals surface area contributed by atoms with Gasteiger partial charge in [0.15, 0.2) is 0 Å². The molecule has 0 bridgehead atoms. The minimum Gasteiger partial charge on any atom is -0.361 e. The number of hydrogen-bond donors (Lipinski definition) is 2. The van der Waals surface area contributed by atoms with Gasteiger partial charge in [0.25, 0.3) is 0 Å². The van der Waals surface area contributed by atoms with Crippen molar-refractivity contribution >= 4 is 10.9 Å². The van der Waals surface area contributed by atoms with Crippen molar-refractivity contribution in [3.05, 3.63) is 36.0 Å². The molecule has 1 aromatic carbocycles. The van der Waals surface area contributed by atoms with E-state index in [1.165, 1.54) is 16.5 Å². The number of likely N-dealkylation sites (N-methyl/N-ethyl adjacent to an activating group) is 1. The molecule has 0 aliphatic carbocycles. The average Bonchev–Trinajstić information content (AvgIpc) is 2.77. The van der Waals surface area contributed by atoms with Crippen LogP contribution in [0.1, 0.15) is 12.5 Å². The largest absolute Gasteiger partial charge is 0.361 e. The van der Waals surface area contributed by atoms with Gasteiger partial charge in [0.05, 0.1) is 0 Å². The lowest BCUT2D eigenvalue weighted by Crippen LogP contribution is -2.28. The minimum absolute atomic E-state index is 0.719. The summed E-state index contributed by atoms with van der Waals surface area (Å²) in [5.41, 5.74) is 8.18. The fourth-order valence-corrected chi connectivity index (χ4v) is 2.06. The standard InChI is InChI=1S/C13H19N3/c1-2-16(9-7-14)10-11-4-3-5-13-12(11)6-8-15-13/h3-6,8,15H,2,7,9-10,14H2,1H3. The number of fused-ring (bicyclic) bond motifs is 1. The lowest BCUT2D eigenvalue weighted by Gasteiger charge is -2.19. The van der Waals surface area contributed by atoms with Crippen molar-refractivity contribution in [2.75, 3.05) is 19.6 Å². The van der Waals surface area contributed by atoms with Crippen LogP contribution in [0.3, 0.4) is 0 Å². The number of nitrogens with one attached hydrogen (secondary N) is 1. The third-order valence-electron chi connectivity index (χ3n) is 2.97. The topological polar surface area (TPSA) is 45.0 Å². The Morgan fingerprint density at radius 3 is 2.94 bits per heavy atom. The van der Waals surface area contributed by atoms with Crippen LogP contribution in [0, 0.1) is 0 Å². The minimum atomic E-state index is 0.719. The van der Waals surface area contributed by atoms with Crippen LogP contribution < -0.4 is 5.73 Å². The Morgan fingerprint density at radius 1 is 1.31 bits per heavy atom. The Morgan fingerprint density at radius 2 is 2.19 bits per heavy atom. The first kappa shape index (κ1) is 11.2. The normalized spacial score (nSPS) is 11.4. The molecule has 0 fully saturated rings. The first-order valence-electron chi connectivity index (χ1n) is 5.82. The number of benzene rings is 1. The van der Waals surface area contributed by atoms with Crippen molar-refractivity contribution in [1.82, 2.24) is 9.88 Å². The first-order chi connectivity index (χ1) is 7.85. The molecule has 16 heavy (non-hydrogen) atoms. The van der Waals surface area contributed by atoms with Gasteiger partial charge in [-0.3, -0.25) is 4.90 Å². The Hall–Kier alpha value is -1.32. The fourth-order valence-electron chi connectivity index (χ4n) is 2.06. The average molecular weight is 217 g/mol. The van der Waals surface area contributed by atoms with E-state index in [0.717, 1.165) is 26.2 Å². The quantitative estimate of drug-likeness (QED) is 0.804. The van der Waals surface area contributed by atoms with Gasteiger partial charge in [-0.15, -0.1) is 0 Å². The van der Waals surface area contributed by atoms with Crippen LogP contribution in [-0.4, -0.2) is 29.5 Å². The molecular formula is C13H19N3. The number of hydrogen-bond acceptors (Lipinski definition) is 2. The van der Waals surface area contributed by atoms with Crippen LogP contribution in [0.2, 0.25) is 0 Å². The molecule has 0 saturated carbocycles. The molecule has 0 atom stereocenters. The smallest absolute Gasteiger partial charge is 0.0457 e. The zero-order chi connectivity index (χ0) is 11.4. The van der Waals surface area contributed by atoms with Gasteiger partial charge in [-0.25, -0.2) is 0 Å². The highest BCUT2D eigenvalue weighted by molar-refractivity contribution is 5.82. The summed E-state index contributed by atoms with van der Waals surface area (Å²) >= 11 is 0. The Labute approximate surface area is 96.2 Å². The van der Waals surface area contributed by atoms with Gasteiger partial charge in [-0.1, -0.05) is 19.1 Å². The second kappa shape index (κ2) is 5.14. The van der Waals surface area contributed by atoms with E-state index in [9.17, 15) is 0 Å². The lowest BCUT2D eigenvalue weighted by atomic mass is 10.1.